The van der Waals surface area contributed by atoms with Crippen LogP contribution in [0.3, 0.4) is 0 Å². The first-order valence-corrected chi connectivity index (χ1v) is 9.18. The number of aryl methyl sites for hydroxylation is 1. The van der Waals surface area contributed by atoms with E-state index in [1.165, 1.54) is 5.56 Å². The lowest BCUT2D eigenvalue weighted by molar-refractivity contribution is 0.283. The van der Waals surface area contributed by atoms with Gasteiger partial charge in [0.25, 0.3) is 0 Å². The molecule has 2 aromatic carbocycles. The summed E-state index contributed by atoms with van der Waals surface area (Å²) in [5, 5.41) is 4.02. The van der Waals surface area contributed by atoms with Crippen LogP contribution in [0, 0.1) is 6.92 Å². The average Bonchev–Trinajstić information content (AvgIpc) is 2.69. The first-order chi connectivity index (χ1) is 13.2. The minimum atomic E-state index is 0.470. The topological polar surface area (TPSA) is 43.4 Å². The van der Waals surface area contributed by atoms with E-state index >= 15 is 0 Å². The molecule has 4 nitrogen and oxygen atoms in total. The molecule has 5 heteroatoms. The Morgan fingerprint density at radius 2 is 1.85 bits per heavy atom. The Morgan fingerprint density at radius 3 is 2.59 bits per heavy atom. The van der Waals surface area contributed by atoms with Crippen LogP contribution < -0.4 is 14.8 Å². The highest BCUT2D eigenvalue weighted by Gasteiger charge is 2.11. The molecule has 0 radical (unpaired) electrons. The van der Waals surface area contributed by atoms with Crippen LogP contribution in [-0.4, -0.2) is 12.1 Å². The smallest absolute Gasteiger partial charge is 0.163 e. The van der Waals surface area contributed by atoms with Gasteiger partial charge in [-0.15, -0.1) is 0 Å². The molecule has 0 aliphatic rings. The number of nitrogens with one attached hydrogen (secondary N) is 1. The van der Waals surface area contributed by atoms with Crippen molar-refractivity contribution in [2.24, 2.45) is 0 Å². The fraction of sp³-hybridized carbons (Fsp3) is 0.227. The minimum absolute atomic E-state index is 0.470. The maximum Gasteiger partial charge on any atom is 0.163 e. The average molecular weight is 383 g/mol. The molecule has 0 bridgehead atoms. The van der Waals surface area contributed by atoms with Crippen molar-refractivity contribution in [1.82, 2.24) is 10.3 Å². The van der Waals surface area contributed by atoms with E-state index in [-0.39, 0.29) is 0 Å². The number of aromatic nitrogens is 1. The van der Waals surface area contributed by atoms with Gasteiger partial charge in [0.05, 0.1) is 7.11 Å². The van der Waals surface area contributed by atoms with Gasteiger partial charge >= 0.3 is 0 Å². The Bertz CT molecular complexity index is 885. The third-order valence-corrected chi connectivity index (χ3v) is 4.70. The van der Waals surface area contributed by atoms with E-state index in [2.05, 4.69) is 29.4 Å². The van der Waals surface area contributed by atoms with Crippen molar-refractivity contribution in [3.05, 3.63) is 88.2 Å². The van der Waals surface area contributed by atoms with E-state index in [0.29, 0.717) is 29.7 Å². The molecule has 0 fully saturated rings. The van der Waals surface area contributed by atoms with Gasteiger partial charge in [0.2, 0.25) is 0 Å². The number of rotatable bonds is 8. The van der Waals surface area contributed by atoms with Crippen LogP contribution in [0.2, 0.25) is 5.02 Å². The maximum atomic E-state index is 6.47. The summed E-state index contributed by atoms with van der Waals surface area (Å²) >= 11 is 6.47. The second kappa shape index (κ2) is 9.40. The van der Waals surface area contributed by atoms with Gasteiger partial charge in [-0.1, -0.05) is 41.9 Å². The van der Waals surface area contributed by atoms with Crippen molar-refractivity contribution in [2.75, 3.05) is 7.11 Å². The fourth-order valence-electron chi connectivity index (χ4n) is 2.76. The highest BCUT2D eigenvalue weighted by Crippen LogP contribution is 2.34. The fourth-order valence-corrected chi connectivity index (χ4v) is 2.98. The summed E-state index contributed by atoms with van der Waals surface area (Å²) in [6.07, 6.45) is 3.61. The summed E-state index contributed by atoms with van der Waals surface area (Å²) < 4.78 is 11.5. The Morgan fingerprint density at radius 1 is 1.00 bits per heavy atom. The summed E-state index contributed by atoms with van der Waals surface area (Å²) in [4.78, 5) is 4.12. The van der Waals surface area contributed by atoms with Crippen LogP contribution in [0.1, 0.15) is 22.3 Å². The SMILES string of the molecule is COc1cc(CNCc2cccnc2)c(Cl)cc1OCc1ccccc1C. The molecule has 1 aromatic heterocycles. The molecule has 0 saturated carbocycles. The Labute approximate surface area is 165 Å². The molecule has 0 spiro atoms. The molecule has 27 heavy (non-hydrogen) atoms. The molecule has 140 valence electrons. The van der Waals surface area contributed by atoms with Gasteiger partial charge in [-0.25, -0.2) is 0 Å². The molecule has 0 saturated heterocycles. The Kier molecular flexibility index (Phi) is 6.69. The summed E-state index contributed by atoms with van der Waals surface area (Å²) in [6.45, 7) is 3.89. The molecule has 0 atom stereocenters. The van der Waals surface area contributed by atoms with Crippen LogP contribution in [0.5, 0.6) is 11.5 Å². The lowest BCUT2D eigenvalue weighted by atomic mass is 10.1. The summed E-state index contributed by atoms with van der Waals surface area (Å²) in [7, 11) is 1.64. The van der Waals surface area contributed by atoms with Gasteiger partial charge in [-0.2, -0.15) is 0 Å². The van der Waals surface area contributed by atoms with Crippen LogP contribution in [0.25, 0.3) is 0 Å². The van der Waals surface area contributed by atoms with E-state index in [0.717, 1.165) is 23.2 Å². The van der Waals surface area contributed by atoms with E-state index in [1.807, 2.05) is 42.6 Å². The highest BCUT2D eigenvalue weighted by molar-refractivity contribution is 6.31. The normalized spacial score (nSPS) is 10.6. The number of methoxy groups -OCH3 is 1. The highest BCUT2D eigenvalue weighted by atomic mass is 35.5. The van der Waals surface area contributed by atoms with Gasteiger partial charge in [0.1, 0.15) is 6.61 Å². The Balaban J connectivity index is 1.66. The van der Waals surface area contributed by atoms with Crippen molar-refractivity contribution < 1.29 is 9.47 Å². The summed E-state index contributed by atoms with van der Waals surface area (Å²) in [6, 6.07) is 15.8. The quantitative estimate of drug-likeness (QED) is 0.600. The third kappa shape index (κ3) is 5.22. The lowest BCUT2D eigenvalue weighted by Crippen LogP contribution is -2.13. The summed E-state index contributed by atoms with van der Waals surface area (Å²) in [5.41, 5.74) is 4.41. The van der Waals surface area contributed by atoms with Gasteiger partial charge in [-0.3, -0.25) is 4.98 Å². The molecular weight excluding hydrogens is 360 g/mol. The summed E-state index contributed by atoms with van der Waals surface area (Å²) in [5.74, 6) is 1.31. The first kappa shape index (κ1) is 19.2. The standard InChI is InChI=1S/C22H23ClN2O2/c1-16-6-3-4-8-18(16)15-27-22-11-20(23)19(10-21(22)26-2)14-25-13-17-7-5-9-24-12-17/h3-12,25H,13-15H2,1-2H3. The Hall–Kier alpha value is -2.56. The van der Waals surface area contributed by atoms with Crippen molar-refractivity contribution in [3.63, 3.8) is 0 Å². The van der Waals surface area contributed by atoms with E-state index < -0.39 is 0 Å². The van der Waals surface area contributed by atoms with Crippen molar-refractivity contribution in [1.29, 1.82) is 0 Å². The number of hydrogen-bond acceptors (Lipinski definition) is 4. The zero-order valence-corrected chi connectivity index (χ0v) is 16.3. The number of halogens is 1. The van der Waals surface area contributed by atoms with Crippen LogP contribution in [-0.2, 0) is 19.7 Å². The molecule has 3 rings (SSSR count). The second-order valence-corrected chi connectivity index (χ2v) is 6.68. The minimum Gasteiger partial charge on any atom is -0.493 e. The maximum absolute atomic E-state index is 6.47. The van der Waals surface area contributed by atoms with Crippen LogP contribution in [0.15, 0.2) is 60.9 Å². The largest absolute Gasteiger partial charge is 0.493 e. The predicted molar refractivity (Wildman–Crippen MR) is 108 cm³/mol. The molecule has 1 N–H and O–H groups in total. The molecule has 3 aromatic rings. The first-order valence-electron chi connectivity index (χ1n) is 8.80. The van der Waals surface area contributed by atoms with Gasteiger partial charge in [0, 0.05) is 36.6 Å². The van der Waals surface area contributed by atoms with Gasteiger partial charge < -0.3 is 14.8 Å². The van der Waals surface area contributed by atoms with Crippen LogP contribution in [0.4, 0.5) is 0 Å². The zero-order chi connectivity index (χ0) is 19.1. The lowest BCUT2D eigenvalue weighted by Gasteiger charge is -2.15. The van der Waals surface area contributed by atoms with Gasteiger partial charge in [0.15, 0.2) is 11.5 Å². The molecule has 0 amide bonds. The predicted octanol–water partition coefficient (Wildman–Crippen LogP) is 4.92. The second-order valence-electron chi connectivity index (χ2n) is 6.27. The molecule has 1 heterocycles. The number of pyridine rings is 1. The van der Waals surface area contributed by atoms with Gasteiger partial charge in [-0.05, 0) is 41.3 Å². The molecule has 0 aliphatic carbocycles. The zero-order valence-electron chi connectivity index (χ0n) is 15.5. The molecular formula is C22H23ClN2O2. The van der Waals surface area contributed by atoms with Crippen molar-refractivity contribution in [3.8, 4) is 11.5 Å². The van der Waals surface area contributed by atoms with E-state index in [9.17, 15) is 0 Å². The monoisotopic (exact) mass is 382 g/mol. The number of ether oxygens (including phenoxy) is 2. The molecule has 0 unspecified atom stereocenters. The van der Waals surface area contributed by atoms with Crippen LogP contribution >= 0.6 is 11.6 Å². The number of benzene rings is 2. The number of nitrogens with zero attached hydrogens (tertiary/aromatic N) is 1. The third-order valence-electron chi connectivity index (χ3n) is 4.34. The van der Waals surface area contributed by atoms with E-state index in [1.54, 1.807) is 13.3 Å². The van der Waals surface area contributed by atoms with Crippen molar-refractivity contribution >= 4 is 11.6 Å². The number of hydrogen-bond donors (Lipinski definition) is 1. The van der Waals surface area contributed by atoms with E-state index in [4.69, 9.17) is 21.1 Å². The van der Waals surface area contributed by atoms with Crippen molar-refractivity contribution in [2.45, 2.75) is 26.6 Å². The molecule has 0 aliphatic heterocycles.